The highest BCUT2D eigenvalue weighted by Crippen LogP contribution is 2.46. The average molecular weight is 1010 g/mol. The zero-order valence-electron chi connectivity index (χ0n) is 33.1. The summed E-state index contributed by atoms with van der Waals surface area (Å²) in [5, 5.41) is 9.39. The van der Waals surface area contributed by atoms with Gasteiger partial charge in [-0.25, -0.2) is 0 Å². The molecule has 6 rings (SSSR count). The lowest BCUT2D eigenvalue weighted by atomic mass is 9.10. The predicted octanol–water partition coefficient (Wildman–Crippen LogP) is 10.4. The molecule has 2 aliphatic heterocycles. The van der Waals surface area contributed by atoms with Crippen LogP contribution in [0.25, 0.3) is 0 Å². The van der Waals surface area contributed by atoms with E-state index in [4.69, 9.17) is 0 Å². The number of hydrogen-bond acceptors (Lipinski definition) is 1. The van der Waals surface area contributed by atoms with Gasteiger partial charge in [0.1, 0.15) is 6.15 Å². The minimum absolute atomic E-state index is 0.0150. The first-order valence-corrected chi connectivity index (χ1v) is 19.0. The van der Waals surface area contributed by atoms with Gasteiger partial charge in [-0.2, -0.15) is 127 Å². The third-order valence-electron chi connectivity index (χ3n) is 11.9. The Hall–Kier alpha value is -4.82. The number of quaternary nitrogens is 1. The van der Waals surface area contributed by atoms with Gasteiger partial charge in [0.05, 0.1) is 25.2 Å². The zero-order valence-corrected chi connectivity index (χ0v) is 33.1. The van der Waals surface area contributed by atoms with E-state index < -0.39 is 195 Å². The maximum Gasteiger partial charge on any atom is 0.413 e. The quantitative estimate of drug-likeness (QED) is 0.155. The molecule has 27 heteroatoms. The lowest BCUT2D eigenvalue weighted by Crippen LogP contribution is -3.15. The molecule has 2 saturated heterocycles. The SMILES string of the molecule is C[NH+]1C2CCC1CC(O)C2.FC(F)(F)c1cccc(C(F)(F)F)c1[B-](c1c(C(F)(F)F)cccc1C(F)(F)F)(c1c(C(F)(F)F)cccc1C(F)(F)F)c1c(C(F)(F)F)cccc1C(F)(F)F. The van der Waals surface area contributed by atoms with Crippen molar-refractivity contribution in [2.24, 2.45) is 0 Å². The molecule has 2 fully saturated rings. The highest BCUT2D eigenvalue weighted by Gasteiger charge is 2.59. The highest BCUT2D eigenvalue weighted by atomic mass is 19.4. The lowest BCUT2D eigenvalue weighted by molar-refractivity contribution is -0.923. The van der Waals surface area contributed by atoms with Gasteiger partial charge in [0.25, 0.3) is 0 Å². The number of hydrogen-bond donors (Lipinski definition) is 2. The molecule has 2 aliphatic rings. The molecule has 0 aliphatic carbocycles. The largest absolute Gasteiger partial charge is 0.413 e. The summed E-state index contributed by atoms with van der Waals surface area (Å²) in [7, 11) is 2.27. The van der Waals surface area contributed by atoms with E-state index in [1.807, 2.05) is 0 Å². The third-order valence-corrected chi connectivity index (χ3v) is 11.9. The number of aliphatic hydroxyl groups is 1. The summed E-state index contributed by atoms with van der Waals surface area (Å²) < 4.78 is 360. The molecule has 2 unspecified atom stereocenters. The maximum absolute atomic E-state index is 15.0. The molecular weight excluding hydrogens is 977 g/mol. The first-order valence-electron chi connectivity index (χ1n) is 19.0. The standard InChI is InChI=1S/C32H12BF24.C8H15NO/c34-25(35,36)13-5-1-6-14(26(37,38)39)21(13)33(22-15(27(40,41)42)7-2-8-16(22)28(43,44)45,23-17(29(46,47)48)9-3-10-18(23)30(49,50)51)24-19(31(52,53)54)11-4-12-20(24)32(55,56)57;1-9-6-2-3-7(9)5-8(10)4-6/h1-12H;6-8,10H,2-5H2,1H3/q-1;/p+1. The molecule has 2 bridgehead atoms. The summed E-state index contributed by atoms with van der Waals surface area (Å²) in [6.45, 7) is 0. The van der Waals surface area contributed by atoms with Crippen molar-refractivity contribution in [2.75, 3.05) is 7.05 Å². The lowest BCUT2D eigenvalue weighted by Gasteiger charge is -2.52. The molecule has 67 heavy (non-hydrogen) atoms. The Kier molecular flexibility index (Phi) is 13.7. The van der Waals surface area contributed by atoms with Crippen molar-refractivity contribution in [1.29, 1.82) is 0 Å². The fourth-order valence-corrected chi connectivity index (χ4v) is 9.52. The monoisotopic (exact) mass is 1010 g/mol. The van der Waals surface area contributed by atoms with Crippen LogP contribution in [-0.2, 0) is 49.4 Å². The molecule has 0 saturated carbocycles. The molecule has 370 valence electrons. The van der Waals surface area contributed by atoms with Gasteiger partial charge in [-0.15, -0.1) is 0 Å². The van der Waals surface area contributed by atoms with Crippen molar-refractivity contribution in [2.45, 2.75) is 93.3 Å². The number of halogens is 24. The van der Waals surface area contributed by atoms with Crippen LogP contribution in [0.15, 0.2) is 72.8 Å². The first-order chi connectivity index (χ1) is 30.2. The molecule has 2 N–H and O–H groups in total. The second-order valence-corrected chi connectivity index (χ2v) is 15.8. The Labute approximate surface area is 361 Å². The maximum atomic E-state index is 15.0. The van der Waals surface area contributed by atoms with Crippen LogP contribution in [0.4, 0.5) is 105 Å². The summed E-state index contributed by atoms with van der Waals surface area (Å²) in [6.07, 6.45) is -57.7. The fourth-order valence-electron chi connectivity index (χ4n) is 9.52. The molecule has 0 radical (unpaired) electrons. The van der Waals surface area contributed by atoms with E-state index in [1.54, 1.807) is 4.90 Å². The second kappa shape index (κ2) is 17.3. The summed E-state index contributed by atoms with van der Waals surface area (Å²) in [6, 6.07) is -6.54. The molecular formula is C40H28BF24NO. The molecule has 4 aromatic carbocycles. The number of nitrogens with one attached hydrogen (secondary N) is 1. The van der Waals surface area contributed by atoms with E-state index in [0.29, 0.717) is 0 Å². The van der Waals surface area contributed by atoms with Gasteiger partial charge in [0, 0.05) is 70.2 Å². The number of benzene rings is 4. The van der Waals surface area contributed by atoms with Crippen molar-refractivity contribution in [3.8, 4) is 0 Å². The Balaban J connectivity index is 0.000000733. The van der Waals surface area contributed by atoms with Gasteiger partial charge in [-0.3, -0.25) is 0 Å². The van der Waals surface area contributed by atoms with E-state index in [1.165, 1.54) is 12.8 Å². The number of rotatable bonds is 4. The predicted molar refractivity (Wildman–Crippen MR) is 189 cm³/mol. The molecule has 2 atom stereocenters. The molecule has 2 heterocycles. The van der Waals surface area contributed by atoms with E-state index in [9.17, 15) is 5.11 Å². The van der Waals surface area contributed by atoms with Crippen molar-refractivity contribution in [3.05, 3.63) is 117 Å². The average Bonchev–Trinajstić information content (AvgIpc) is 3.35. The van der Waals surface area contributed by atoms with Gasteiger partial charge in [0.2, 0.25) is 0 Å². The molecule has 2 nitrogen and oxygen atoms in total. The molecule has 0 aromatic heterocycles. The molecule has 0 amide bonds. The van der Waals surface area contributed by atoms with Gasteiger partial charge in [0.15, 0.2) is 0 Å². The Bertz CT molecular complexity index is 1980. The summed E-state index contributed by atoms with van der Waals surface area (Å²) in [5.41, 5.74) is -42.7. The van der Waals surface area contributed by atoms with Crippen molar-refractivity contribution in [3.63, 3.8) is 0 Å². The topological polar surface area (TPSA) is 24.7 Å². The normalized spacial score (nSPS) is 20.1. The molecule has 4 aromatic rings. The van der Waals surface area contributed by atoms with Crippen LogP contribution >= 0.6 is 0 Å². The minimum Gasteiger partial charge on any atom is -0.393 e. The van der Waals surface area contributed by atoms with Crippen molar-refractivity contribution in [1.82, 2.24) is 0 Å². The van der Waals surface area contributed by atoms with E-state index in [2.05, 4.69) is 7.05 Å². The van der Waals surface area contributed by atoms with Crippen LogP contribution < -0.4 is 26.8 Å². The van der Waals surface area contributed by atoms with Crippen LogP contribution in [0.2, 0.25) is 0 Å². The Morgan fingerprint density at radius 1 is 0.358 bits per heavy atom. The zero-order chi connectivity index (χ0) is 51.1. The van der Waals surface area contributed by atoms with Crippen LogP contribution in [0.3, 0.4) is 0 Å². The van der Waals surface area contributed by atoms with Gasteiger partial charge >= 0.3 is 49.4 Å². The summed E-state index contributed by atoms with van der Waals surface area (Å²) in [5.74, 6) is 0. The fraction of sp³-hybridized carbons (Fsp3) is 0.400. The highest BCUT2D eigenvalue weighted by molar-refractivity contribution is 7.21. The minimum atomic E-state index is -7.76. The number of fused-ring (bicyclic) bond motifs is 2. The first kappa shape index (κ1) is 53.1. The van der Waals surface area contributed by atoms with E-state index >= 15 is 105 Å². The number of alkyl halides is 24. The van der Waals surface area contributed by atoms with E-state index in [0.717, 1.165) is 24.9 Å². The Morgan fingerprint density at radius 3 is 0.672 bits per heavy atom. The second-order valence-electron chi connectivity index (χ2n) is 15.8. The number of aliphatic hydroxyl groups excluding tert-OH is 1. The third kappa shape index (κ3) is 10.3. The Morgan fingerprint density at radius 2 is 0.522 bits per heavy atom. The van der Waals surface area contributed by atoms with Gasteiger partial charge in [-0.1, -0.05) is 72.8 Å². The van der Waals surface area contributed by atoms with Crippen LogP contribution in [0.1, 0.15) is 70.2 Å². The summed E-state index contributed by atoms with van der Waals surface area (Å²) in [4.78, 5) is 1.67. The van der Waals surface area contributed by atoms with E-state index in [-0.39, 0.29) is 6.10 Å². The van der Waals surface area contributed by atoms with Crippen LogP contribution in [0, 0.1) is 0 Å². The summed E-state index contributed by atoms with van der Waals surface area (Å²) >= 11 is 0. The van der Waals surface area contributed by atoms with Crippen LogP contribution in [0.5, 0.6) is 0 Å². The smallest absolute Gasteiger partial charge is 0.393 e. The van der Waals surface area contributed by atoms with Crippen LogP contribution in [-0.4, -0.2) is 36.5 Å². The van der Waals surface area contributed by atoms with Gasteiger partial charge < -0.3 is 10.0 Å². The van der Waals surface area contributed by atoms with Crippen molar-refractivity contribution >= 4 is 28.0 Å². The number of piperidine rings is 1. The van der Waals surface area contributed by atoms with Gasteiger partial charge in [-0.05, 0) is 0 Å². The molecule has 0 spiro atoms. The van der Waals surface area contributed by atoms with Crippen molar-refractivity contribution < 1.29 is 115 Å².